The monoisotopic (exact) mass is 285 g/mol. The summed E-state index contributed by atoms with van der Waals surface area (Å²) in [6.45, 7) is 2.28. The minimum absolute atomic E-state index is 0.138. The summed E-state index contributed by atoms with van der Waals surface area (Å²) in [5.74, 6) is -0.187. The fourth-order valence-electron chi connectivity index (χ4n) is 2.38. The number of nitrogens with one attached hydrogen (secondary N) is 1. The third-order valence-corrected chi connectivity index (χ3v) is 3.64. The fraction of sp³-hybridized carbons (Fsp3) is 0.286. The van der Waals surface area contributed by atoms with Crippen molar-refractivity contribution in [2.75, 3.05) is 0 Å². The topological polar surface area (TPSA) is 76.4 Å². The summed E-state index contributed by atoms with van der Waals surface area (Å²) >= 11 is 0. The zero-order valence-corrected chi connectivity index (χ0v) is 11.9. The molecule has 0 fully saturated rings. The molecule has 2 N–H and O–H groups in total. The second kappa shape index (κ2) is 5.35. The van der Waals surface area contributed by atoms with Gasteiger partial charge in [-0.05, 0) is 30.1 Å². The predicted octanol–water partition coefficient (Wildman–Crippen LogP) is 0.129. The van der Waals surface area contributed by atoms with Gasteiger partial charge in [-0.15, -0.1) is 0 Å². The highest BCUT2D eigenvalue weighted by molar-refractivity contribution is 6.61. The van der Waals surface area contributed by atoms with Crippen molar-refractivity contribution in [1.29, 1.82) is 0 Å². The van der Waals surface area contributed by atoms with Crippen LogP contribution in [0.5, 0.6) is 0 Å². The van der Waals surface area contributed by atoms with Crippen molar-refractivity contribution in [3.8, 4) is 0 Å². The van der Waals surface area contributed by atoms with Gasteiger partial charge in [-0.2, -0.15) is 5.10 Å². The molecule has 21 heavy (non-hydrogen) atoms. The van der Waals surface area contributed by atoms with Crippen LogP contribution in [-0.4, -0.2) is 27.8 Å². The highest BCUT2D eigenvalue weighted by Crippen LogP contribution is 2.14. The number of amides is 1. The maximum atomic E-state index is 12.3. The van der Waals surface area contributed by atoms with Gasteiger partial charge in [-0.1, -0.05) is 6.07 Å². The van der Waals surface area contributed by atoms with E-state index in [1.807, 2.05) is 26.2 Å². The van der Waals surface area contributed by atoms with Crippen molar-refractivity contribution in [2.45, 2.75) is 19.6 Å². The van der Waals surface area contributed by atoms with Gasteiger partial charge in [0, 0.05) is 24.4 Å². The number of hydrogen-bond donors (Lipinski definition) is 2. The molecule has 1 aliphatic rings. The molecule has 0 spiro atoms. The van der Waals surface area contributed by atoms with Crippen molar-refractivity contribution < 1.29 is 14.5 Å². The molecule has 0 saturated carbocycles. The normalized spacial score (nSPS) is 14.9. The Labute approximate surface area is 122 Å². The Morgan fingerprint density at radius 3 is 3.10 bits per heavy atom. The molecule has 0 aliphatic carbocycles. The van der Waals surface area contributed by atoms with Crippen molar-refractivity contribution in [3.05, 3.63) is 47.3 Å². The molecule has 1 amide bonds. The first-order chi connectivity index (χ1) is 10.0. The Kier molecular flexibility index (Phi) is 3.53. The highest BCUT2D eigenvalue weighted by Gasteiger charge is 2.28. The maximum absolute atomic E-state index is 12.3. The largest absolute Gasteiger partial charge is 0.491 e. The van der Waals surface area contributed by atoms with Crippen molar-refractivity contribution >= 4 is 18.5 Å². The van der Waals surface area contributed by atoms with Crippen LogP contribution in [0.15, 0.2) is 30.6 Å². The van der Waals surface area contributed by atoms with Gasteiger partial charge in [-0.25, -0.2) is 0 Å². The van der Waals surface area contributed by atoms with Crippen LogP contribution in [0.1, 0.15) is 34.5 Å². The lowest BCUT2D eigenvalue weighted by Gasteiger charge is -2.12. The van der Waals surface area contributed by atoms with Gasteiger partial charge in [-0.3, -0.25) is 9.48 Å². The van der Waals surface area contributed by atoms with Crippen LogP contribution < -0.4 is 10.8 Å². The molecular weight excluding hydrogens is 269 g/mol. The third-order valence-electron chi connectivity index (χ3n) is 3.64. The lowest BCUT2D eigenvalue weighted by atomic mass is 9.79. The van der Waals surface area contributed by atoms with E-state index in [2.05, 4.69) is 10.4 Å². The van der Waals surface area contributed by atoms with E-state index in [1.165, 1.54) is 0 Å². The van der Waals surface area contributed by atoms with E-state index in [1.54, 1.807) is 23.0 Å². The van der Waals surface area contributed by atoms with E-state index in [0.29, 0.717) is 17.6 Å². The SMILES string of the molecule is CC(NC(=O)c1ccc2c(c1)B(O)OC2)c1cnn(C)c1. The summed E-state index contributed by atoms with van der Waals surface area (Å²) in [7, 11) is 0.892. The molecule has 1 atom stereocenters. The summed E-state index contributed by atoms with van der Waals surface area (Å²) in [5, 5.41) is 16.7. The Morgan fingerprint density at radius 1 is 1.57 bits per heavy atom. The Morgan fingerprint density at radius 2 is 2.38 bits per heavy atom. The zero-order valence-electron chi connectivity index (χ0n) is 11.9. The molecule has 0 saturated heterocycles. The van der Waals surface area contributed by atoms with Crippen LogP contribution in [0.2, 0.25) is 0 Å². The lowest BCUT2D eigenvalue weighted by Crippen LogP contribution is -2.31. The molecule has 1 aromatic heterocycles. The van der Waals surface area contributed by atoms with Crippen molar-refractivity contribution in [2.24, 2.45) is 7.05 Å². The average molecular weight is 285 g/mol. The summed E-state index contributed by atoms with van der Waals surface area (Å²) in [4.78, 5) is 12.3. The minimum atomic E-state index is -0.941. The molecular formula is C14H16BN3O3. The molecule has 1 aromatic carbocycles. The van der Waals surface area contributed by atoms with Gasteiger partial charge in [0.2, 0.25) is 0 Å². The summed E-state index contributed by atoms with van der Waals surface area (Å²) in [5.41, 5.74) is 3.03. The molecule has 0 bridgehead atoms. The quantitative estimate of drug-likeness (QED) is 0.786. The summed E-state index contributed by atoms with van der Waals surface area (Å²) in [6.07, 6.45) is 3.59. The molecule has 7 heteroatoms. The van der Waals surface area contributed by atoms with Crippen LogP contribution in [0.4, 0.5) is 0 Å². The van der Waals surface area contributed by atoms with Crippen LogP contribution in [-0.2, 0) is 18.3 Å². The molecule has 6 nitrogen and oxygen atoms in total. The van der Waals surface area contributed by atoms with Gasteiger partial charge in [0.25, 0.3) is 5.91 Å². The number of benzene rings is 1. The predicted molar refractivity (Wildman–Crippen MR) is 77.9 cm³/mol. The van der Waals surface area contributed by atoms with Crippen LogP contribution in [0.25, 0.3) is 0 Å². The number of nitrogens with zero attached hydrogens (tertiary/aromatic N) is 2. The van der Waals surface area contributed by atoms with E-state index in [0.717, 1.165) is 11.1 Å². The van der Waals surface area contributed by atoms with Crippen LogP contribution >= 0.6 is 0 Å². The maximum Gasteiger partial charge on any atom is 0.491 e. The van der Waals surface area contributed by atoms with Crippen LogP contribution in [0, 0.1) is 0 Å². The minimum Gasteiger partial charge on any atom is -0.423 e. The molecule has 2 aromatic rings. The molecule has 108 valence electrons. The molecule has 2 heterocycles. The van der Waals surface area contributed by atoms with Crippen LogP contribution in [0.3, 0.4) is 0 Å². The summed E-state index contributed by atoms with van der Waals surface area (Å²) < 4.78 is 6.82. The second-order valence-electron chi connectivity index (χ2n) is 5.22. The molecule has 1 aliphatic heterocycles. The van der Waals surface area contributed by atoms with E-state index >= 15 is 0 Å². The van der Waals surface area contributed by atoms with E-state index in [9.17, 15) is 9.82 Å². The second-order valence-corrected chi connectivity index (χ2v) is 5.22. The van der Waals surface area contributed by atoms with Gasteiger partial charge in [0.05, 0.1) is 18.8 Å². The molecule has 0 radical (unpaired) electrons. The Bertz CT molecular complexity index is 686. The number of fused-ring (bicyclic) bond motifs is 1. The third kappa shape index (κ3) is 2.70. The van der Waals surface area contributed by atoms with E-state index in [-0.39, 0.29) is 11.9 Å². The van der Waals surface area contributed by atoms with Gasteiger partial charge < -0.3 is 15.0 Å². The molecule has 1 unspecified atom stereocenters. The smallest absolute Gasteiger partial charge is 0.423 e. The number of aryl methyl sites for hydroxylation is 1. The van der Waals surface area contributed by atoms with Gasteiger partial charge >= 0.3 is 7.12 Å². The fourth-order valence-corrected chi connectivity index (χ4v) is 2.38. The van der Waals surface area contributed by atoms with Gasteiger partial charge in [0.15, 0.2) is 0 Å². The number of rotatable bonds is 3. The van der Waals surface area contributed by atoms with Gasteiger partial charge in [0.1, 0.15) is 0 Å². The zero-order chi connectivity index (χ0) is 15.0. The first kappa shape index (κ1) is 13.8. The Hall–Kier alpha value is -2.12. The summed E-state index contributed by atoms with van der Waals surface area (Å²) in [6, 6.07) is 5.10. The van der Waals surface area contributed by atoms with E-state index < -0.39 is 7.12 Å². The first-order valence-electron chi connectivity index (χ1n) is 6.76. The number of carbonyl (C=O) groups is 1. The van der Waals surface area contributed by atoms with E-state index in [4.69, 9.17) is 4.65 Å². The Balaban J connectivity index is 1.75. The standard InChI is InChI=1S/C14H16BN3O3/c1-9(12-6-16-18(2)7-12)17-14(19)10-3-4-11-8-21-15(20)13(11)5-10/h3-7,9,20H,8H2,1-2H3,(H,17,19). The number of carbonyl (C=O) groups excluding carboxylic acids is 1. The number of hydrogen-bond acceptors (Lipinski definition) is 4. The number of aromatic nitrogens is 2. The average Bonchev–Trinajstić information content (AvgIpc) is 3.05. The highest BCUT2D eigenvalue weighted by atomic mass is 16.5. The molecule has 3 rings (SSSR count). The van der Waals surface area contributed by atoms with Crippen molar-refractivity contribution in [1.82, 2.24) is 15.1 Å². The first-order valence-corrected chi connectivity index (χ1v) is 6.76. The lowest BCUT2D eigenvalue weighted by molar-refractivity contribution is 0.0940. The van der Waals surface area contributed by atoms with Crippen molar-refractivity contribution in [3.63, 3.8) is 0 Å².